The third-order valence-electron chi connectivity index (χ3n) is 4.87. The molecule has 2 aromatic carbocycles. The third kappa shape index (κ3) is 3.08. The largest absolute Gasteiger partial charge is 0.385 e. The summed E-state index contributed by atoms with van der Waals surface area (Å²) in [6, 6.07) is 20.8. The molecule has 2 nitrogen and oxygen atoms in total. The number of nitrogens with one attached hydrogen (secondary N) is 1. The number of rotatable bonds is 4. The molecular weight excluding hydrogens is 270 g/mol. The van der Waals surface area contributed by atoms with Crippen LogP contribution in [0.1, 0.15) is 43.2 Å². The minimum Gasteiger partial charge on any atom is -0.385 e. The van der Waals surface area contributed by atoms with Crippen molar-refractivity contribution < 1.29 is 5.11 Å². The van der Waals surface area contributed by atoms with Gasteiger partial charge in [0.1, 0.15) is 0 Å². The average molecular weight is 295 g/mol. The molecule has 1 aliphatic rings. The highest BCUT2D eigenvalue weighted by molar-refractivity contribution is 5.32. The Balaban J connectivity index is 2.01. The fourth-order valence-electron chi connectivity index (χ4n) is 3.73. The molecule has 3 rings (SSSR count). The Morgan fingerprint density at radius 3 is 2.23 bits per heavy atom. The zero-order chi connectivity index (χ0) is 15.4. The van der Waals surface area contributed by atoms with E-state index in [1.165, 1.54) is 18.4 Å². The van der Waals surface area contributed by atoms with E-state index in [9.17, 15) is 5.11 Å². The second-order valence-electron chi connectivity index (χ2n) is 6.46. The van der Waals surface area contributed by atoms with Crippen molar-refractivity contribution in [2.24, 2.45) is 0 Å². The first-order chi connectivity index (χ1) is 10.7. The van der Waals surface area contributed by atoms with E-state index in [1.807, 2.05) is 43.3 Å². The van der Waals surface area contributed by atoms with Crippen molar-refractivity contribution in [3.63, 3.8) is 0 Å². The van der Waals surface area contributed by atoms with E-state index in [0.29, 0.717) is 6.04 Å². The van der Waals surface area contributed by atoms with Crippen LogP contribution in [0.2, 0.25) is 0 Å². The van der Waals surface area contributed by atoms with Crippen LogP contribution in [0, 0.1) is 0 Å². The lowest BCUT2D eigenvalue weighted by Crippen LogP contribution is -2.47. The normalized spacial score (nSPS) is 22.7. The molecule has 0 aliphatic carbocycles. The molecule has 1 heterocycles. The van der Waals surface area contributed by atoms with Gasteiger partial charge in [-0.3, -0.25) is 0 Å². The molecule has 2 N–H and O–H groups in total. The summed E-state index contributed by atoms with van der Waals surface area (Å²) in [4.78, 5) is 0. The first kappa shape index (κ1) is 15.3. The number of hydrogen-bond donors (Lipinski definition) is 2. The first-order valence-corrected chi connectivity index (χ1v) is 8.26. The Kier molecular flexibility index (Phi) is 4.60. The number of piperidine rings is 1. The second-order valence-corrected chi connectivity index (χ2v) is 6.46. The summed E-state index contributed by atoms with van der Waals surface area (Å²) >= 11 is 0. The van der Waals surface area contributed by atoms with Gasteiger partial charge in [0.2, 0.25) is 0 Å². The van der Waals surface area contributed by atoms with Gasteiger partial charge < -0.3 is 10.4 Å². The molecule has 22 heavy (non-hydrogen) atoms. The minimum atomic E-state index is -0.891. The van der Waals surface area contributed by atoms with Gasteiger partial charge in [-0.15, -0.1) is 0 Å². The van der Waals surface area contributed by atoms with Crippen molar-refractivity contribution in [1.82, 2.24) is 5.32 Å². The lowest BCUT2D eigenvalue weighted by molar-refractivity contribution is 0.00897. The Hall–Kier alpha value is -1.64. The molecular formula is C20H25NO. The van der Waals surface area contributed by atoms with Crippen LogP contribution >= 0.6 is 0 Å². The van der Waals surface area contributed by atoms with Gasteiger partial charge in [-0.1, -0.05) is 67.1 Å². The van der Waals surface area contributed by atoms with E-state index >= 15 is 0 Å². The van der Waals surface area contributed by atoms with Gasteiger partial charge in [-0.25, -0.2) is 0 Å². The van der Waals surface area contributed by atoms with Crippen molar-refractivity contribution in [1.29, 1.82) is 0 Å². The van der Waals surface area contributed by atoms with Crippen LogP contribution in [0.15, 0.2) is 60.7 Å². The van der Waals surface area contributed by atoms with Crippen LogP contribution in [0.4, 0.5) is 0 Å². The number of benzene rings is 2. The van der Waals surface area contributed by atoms with Crippen molar-refractivity contribution in [3.8, 4) is 0 Å². The van der Waals surface area contributed by atoms with Crippen molar-refractivity contribution in [2.75, 3.05) is 6.54 Å². The topological polar surface area (TPSA) is 32.3 Å². The molecule has 0 bridgehead atoms. The molecule has 0 radical (unpaired) electrons. The molecule has 1 fully saturated rings. The summed E-state index contributed by atoms with van der Waals surface area (Å²) in [7, 11) is 0. The van der Waals surface area contributed by atoms with Crippen LogP contribution in [0.3, 0.4) is 0 Å². The molecule has 0 saturated carbocycles. The summed E-state index contributed by atoms with van der Waals surface area (Å²) in [5.41, 5.74) is 1.30. The molecule has 0 spiro atoms. The third-order valence-corrected chi connectivity index (χ3v) is 4.87. The number of aliphatic hydroxyl groups is 1. The SMILES string of the molecule is C[C@](O)(c1ccccc1)[C@@H](c1ccccc1)[C@H]1CCCCN1. The zero-order valence-electron chi connectivity index (χ0n) is 13.2. The predicted octanol–water partition coefficient (Wildman–Crippen LogP) is 3.82. The van der Waals surface area contributed by atoms with Crippen LogP contribution in [0.5, 0.6) is 0 Å². The van der Waals surface area contributed by atoms with Crippen molar-refractivity contribution in [2.45, 2.75) is 43.7 Å². The highest BCUT2D eigenvalue weighted by Crippen LogP contribution is 2.41. The Morgan fingerprint density at radius 2 is 1.64 bits per heavy atom. The number of hydrogen-bond acceptors (Lipinski definition) is 2. The van der Waals surface area contributed by atoms with Gasteiger partial charge in [-0.05, 0) is 37.4 Å². The van der Waals surface area contributed by atoms with E-state index in [1.54, 1.807) is 0 Å². The van der Waals surface area contributed by atoms with Gasteiger partial charge in [0.05, 0.1) is 5.60 Å². The summed E-state index contributed by atoms with van der Waals surface area (Å²) in [6.45, 7) is 3.00. The van der Waals surface area contributed by atoms with Crippen LogP contribution in [0.25, 0.3) is 0 Å². The summed E-state index contributed by atoms with van der Waals surface area (Å²) in [5.74, 6) is 0.0522. The average Bonchev–Trinajstić information content (AvgIpc) is 2.58. The molecule has 2 aromatic rings. The molecule has 1 aliphatic heterocycles. The van der Waals surface area contributed by atoms with Gasteiger partial charge >= 0.3 is 0 Å². The first-order valence-electron chi connectivity index (χ1n) is 8.26. The molecule has 0 aromatic heterocycles. The molecule has 2 heteroatoms. The molecule has 1 saturated heterocycles. The van der Waals surface area contributed by atoms with Gasteiger partial charge in [0, 0.05) is 12.0 Å². The molecule has 0 unspecified atom stereocenters. The Morgan fingerprint density at radius 1 is 1.00 bits per heavy atom. The zero-order valence-corrected chi connectivity index (χ0v) is 13.2. The van der Waals surface area contributed by atoms with E-state index in [4.69, 9.17) is 0 Å². The van der Waals surface area contributed by atoms with Gasteiger partial charge in [-0.2, -0.15) is 0 Å². The predicted molar refractivity (Wildman–Crippen MR) is 90.8 cm³/mol. The van der Waals surface area contributed by atoms with Gasteiger partial charge in [0.15, 0.2) is 0 Å². The van der Waals surface area contributed by atoms with Gasteiger partial charge in [0.25, 0.3) is 0 Å². The highest BCUT2D eigenvalue weighted by atomic mass is 16.3. The van der Waals surface area contributed by atoms with Crippen LogP contribution in [-0.4, -0.2) is 17.7 Å². The fourth-order valence-corrected chi connectivity index (χ4v) is 3.73. The monoisotopic (exact) mass is 295 g/mol. The highest BCUT2D eigenvalue weighted by Gasteiger charge is 2.40. The van der Waals surface area contributed by atoms with Crippen LogP contribution in [-0.2, 0) is 5.60 Å². The standard InChI is InChI=1S/C20H25NO/c1-20(22,17-12-6-3-7-13-17)19(16-10-4-2-5-11-16)18-14-8-9-15-21-18/h2-7,10-13,18-19,21-22H,8-9,14-15H2,1H3/t18-,19+,20+/m1/s1. The molecule has 116 valence electrons. The lowest BCUT2D eigenvalue weighted by atomic mass is 9.72. The molecule has 0 amide bonds. The van der Waals surface area contributed by atoms with E-state index in [2.05, 4.69) is 29.6 Å². The summed E-state index contributed by atoms with van der Waals surface area (Å²) in [5, 5.41) is 15.0. The second kappa shape index (κ2) is 6.64. The summed E-state index contributed by atoms with van der Waals surface area (Å²) in [6.07, 6.45) is 3.57. The lowest BCUT2D eigenvalue weighted by Gasteiger charge is -2.41. The van der Waals surface area contributed by atoms with Crippen molar-refractivity contribution in [3.05, 3.63) is 71.8 Å². The van der Waals surface area contributed by atoms with E-state index in [0.717, 1.165) is 18.5 Å². The molecule has 3 atom stereocenters. The maximum Gasteiger partial charge on any atom is 0.0951 e. The maximum atomic E-state index is 11.4. The fraction of sp³-hybridized carbons (Fsp3) is 0.400. The maximum absolute atomic E-state index is 11.4. The Bertz CT molecular complexity index is 573. The summed E-state index contributed by atoms with van der Waals surface area (Å²) < 4.78 is 0. The minimum absolute atomic E-state index is 0.0522. The van der Waals surface area contributed by atoms with E-state index < -0.39 is 5.60 Å². The van der Waals surface area contributed by atoms with Crippen molar-refractivity contribution >= 4 is 0 Å². The smallest absolute Gasteiger partial charge is 0.0951 e. The van der Waals surface area contributed by atoms with Crippen LogP contribution < -0.4 is 5.32 Å². The quantitative estimate of drug-likeness (QED) is 0.898. The van der Waals surface area contributed by atoms with E-state index in [-0.39, 0.29) is 5.92 Å². The Labute approximate surface area is 133 Å².